The van der Waals surface area contributed by atoms with E-state index in [1.54, 1.807) is 16.9 Å². The maximum atomic E-state index is 12.6. The van der Waals surface area contributed by atoms with Crippen molar-refractivity contribution >= 4 is 11.6 Å². The molecule has 9 nitrogen and oxygen atoms in total. The predicted octanol–water partition coefficient (Wildman–Crippen LogP) is 2.82. The SMILES string of the molecule is O=C(Nc1cnn(CC2CCCCO2)c1)c1cc(-c2ccc3c(c2)OCO3)n[nH]1. The normalized spacial score (nSPS) is 18.0. The summed E-state index contributed by atoms with van der Waals surface area (Å²) in [5.41, 5.74) is 2.48. The fraction of sp³-hybridized carbons (Fsp3) is 0.350. The number of aromatic nitrogens is 4. The third-order valence-electron chi connectivity index (χ3n) is 5.05. The number of nitrogens with zero attached hydrogens (tertiary/aromatic N) is 3. The molecule has 0 aliphatic carbocycles. The van der Waals surface area contributed by atoms with Gasteiger partial charge in [-0.15, -0.1) is 0 Å². The number of nitrogens with one attached hydrogen (secondary N) is 2. The van der Waals surface area contributed by atoms with Gasteiger partial charge in [0.2, 0.25) is 6.79 Å². The number of hydrogen-bond donors (Lipinski definition) is 2. The van der Waals surface area contributed by atoms with Crippen molar-refractivity contribution in [2.45, 2.75) is 31.9 Å². The van der Waals surface area contributed by atoms with Crippen molar-refractivity contribution in [2.75, 3.05) is 18.7 Å². The number of fused-ring (bicyclic) bond motifs is 1. The second-order valence-corrected chi connectivity index (χ2v) is 7.13. The van der Waals surface area contributed by atoms with E-state index in [4.69, 9.17) is 14.2 Å². The van der Waals surface area contributed by atoms with E-state index >= 15 is 0 Å². The highest BCUT2D eigenvalue weighted by molar-refractivity contribution is 6.03. The number of anilines is 1. The molecule has 1 atom stereocenters. The van der Waals surface area contributed by atoms with Gasteiger partial charge in [-0.2, -0.15) is 10.2 Å². The molecule has 1 unspecified atom stereocenters. The Hall–Kier alpha value is -3.33. The van der Waals surface area contributed by atoms with E-state index in [0.717, 1.165) is 25.0 Å². The third-order valence-corrected chi connectivity index (χ3v) is 5.05. The summed E-state index contributed by atoms with van der Waals surface area (Å²) in [5.74, 6) is 1.10. The minimum Gasteiger partial charge on any atom is -0.454 e. The van der Waals surface area contributed by atoms with Crippen molar-refractivity contribution in [3.63, 3.8) is 0 Å². The van der Waals surface area contributed by atoms with Gasteiger partial charge in [0, 0.05) is 18.4 Å². The molecule has 0 saturated carbocycles. The Balaban J connectivity index is 1.24. The van der Waals surface area contributed by atoms with Gasteiger partial charge in [0.25, 0.3) is 5.91 Å². The van der Waals surface area contributed by atoms with Crippen LogP contribution in [-0.4, -0.2) is 45.4 Å². The second-order valence-electron chi connectivity index (χ2n) is 7.13. The van der Waals surface area contributed by atoms with Crippen molar-refractivity contribution in [2.24, 2.45) is 0 Å². The average molecular weight is 395 g/mol. The standard InChI is InChI=1S/C20H21N5O4/c26-20(22-14-9-21-25(10-14)11-15-3-1-2-6-27-15)17-8-16(23-24-17)13-4-5-18-19(7-13)29-12-28-18/h4-5,7-10,15H,1-3,6,11-12H2,(H,22,26)(H,23,24). The molecule has 1 saturated heterocycles. The molecule has 2 aromatic heterocycles. The first-order valence-corrected chi connectivity index (χ1v) is 9.65. The molecule has 0 bridgehead atoms. The predicted molar refractivity (Wildman–Crippen MR) is 104 cm³/mol. The summed E-state index contributed by atoms with van der Waals surface area (Å²) >= 11 is 0. The zero-order valence-corrected chi connectivity index (χ0v) is 15.8. The number of amides is 1. The monoisotopic (exact) mass is 395 g/mol. The minimum atomic E-state index is -0.280. The minimum absolute atomic E-state index is 0.184. The lowest BCUT2D eigenvalue weighted by Crippen LogP contribution is -2.24. The summed E-state index contributed by atoms with van der Waals surface area (Å²) in [5, 5.41) is 14.2. The Morgan fingerprint density at radius 1 is 1.24 bits per heavy atom. The van der Waals surface area contributed by atoms with Crippen molar-refractivity contribution in [3.8, 4) is 22.8 Å². The maximum absolute atomic E-state index is 12.6. The van der Waals surface area contributed by atoms with E-state index in [1.807, 2.05) is 24.4 Å². The number of carbonyl (C=O) groups excluding carboxylic acids is 1. The van der Waals surface area contributed by atoms with Gasteiger partial charge >= 0.3 is 0 Å². The highest BCUT2D eigenvalue weighted by Gasteiger charge is 2.18. The van der Waals surface area contributed by atoms with Crippen LogP contribution in [0, 0.1) is 0 Å². The lowest BCUT2D eigenvalue weighted by molar-refractivity contribution is 0.00400. The van der Waals surface area contributed by atoms with Gasteiger partial charge < -0.3 is 19.5 Å². The molecule has 4 heterocycles. The van der Waals surface area contributed by atoms with Crippen LogP contribution >= 0.6 is 0 Å². The highest BCUT2D eigenvalue weighted by atomic mass is 16.7. The zero-order valence-electron chi connectivity index (χ0n) is 15.8. The molecular formula is C20H21N5O4. The fourth-order valence-corrected chi connectivity index (χ4v) is 3.53. The van der Waals surface area contributed by atoms with Crippen molar-refractivity contribution in [3.05, 3.63) is 42.4 Å². The van der Waals surface area contributed by atoms with Gasteiger partial charge in [0.1, 0.15) is 5.69 Å². The average Bonchev–Trinajstić information content (AvgIpc) is 3.49. The fourth-order valence-electron chi connectivity index (χ4n) is 3.53. The van der Waals surface area contributed by atoms with Gasteiger partial charge in [0.05, 0.1) is 30.2 Å². The van der Waals surface area contributed by atoms with Crippen molar-refractivity contribution in [1.29, 1.82) is 0 Å². The first-order chi connectivity index (χ1) is 14.2. The van der Waals surface area contributed by atoms with Crippen LogP contribution in [0.2, 0.25) is 0 Å². The van der Waals surface area contributed by atoms with Gasteiger partial charge in [-0.05, 0) is 43.5 Å². The zero-order chi connectivity index (χ0) is 19.6. The molecule has 9 heteroatoms. The molecule has 1 amide bonds. The van der Waals surface area contributed by atoms with Crippen LogP contribution < -0.4 is 14.8 Å². The number of carbonyl (C=O) groups is 1. The van der Waals surface area contributed by atoms with E-state index in [1.165, 1.54) is 6.42 Å². The van der Waals surface area contributed by atoms with Gasteiger partial charge in [-0.1, -0.05) is 0 Å². The number of benzene rings is 1. The highest BCUT2D eigenvalue weighted by Crippen LogP contribution is 2.35. The number of hydrogen-bond acceptors (Lipinski definition) is 6. The lowest BCUT2D eigenvalue weighted by Gasteiger charge is -2.22. The quantitative estimate of drug-likeness (QED) is 0.689. The Bertz CT molecular complexity index is 1020. The lowest BCUT2D eigenvalue weighted by atomic mass is 10.1. The molecular weight excluding hydrogens is 374 g/mol. The molecule has 5 rings (SSSR count). The Morgan fingerprint density at radius 2 is 2.17 bits per heavy atom. The Labute approximate surface area is 167 Å². The van der Waals surface area contributed by atoms with E-state index in [2.05, 4.69) is 20.6 Å². The van der Waals surface area contributed by atoms with E-state index < -0.39 is 0 Å². The number of aromatic amines is 1. The molecule has 0 radical (unpaired) electrons. The van der Waals surface area contributed by atoms with E-state index in [9.17, 15) is 4.79 Å². The second kappa shape index (κ2) is 7.59. The molecule has 3 aromatic rings. The van der Waals surface area contributed by atoms with Gasteiger partial charge in [-0.3, -0.25) is 14.6 Å². The smallest absolute Gasteiger partial charge is 0.273 e. The molecule has 2 N–H and O–H groups in total. The van der Waals surface area contributed by atoms with Crippen molar-refractivity contribution in [1.82, 2.24) is 20.0 Å². The molecule has 29 heavy (non-hydrogen) atoms. The summed E-state index contributed by atoms with van der Waals surface area (Å²) in [7, 11) is 0. The third kappa shape index (κ3) is 3.81. The summed E-state index contributed by atoms with van der Waals surface area (Å²) in [6.45, 7) is 1.71. The topological polar surface area (TPSA) is 103 Å². The summed E-state index contributed by atoms with van der Waals surface area (Å²) in [4.78, 5) is 12.6. The maximum Gasteiger partial charge on any atom is 0.273 e. The summed E-state index contributed by atoms with van der Waals surface area (Å²) < 4.78 is 18.2. The molecule has 2 aliphatic heterocycles. The van der Waals surface area contributed by atoms with E-state index in [0.29, 0.717) is 35.1 Å². The number of rotatable bonds is 5. The molecule has 1 fully saturated rings. The summed E-state index contributed by atoms with van der Waals surface area (Å²) in [6.07, 6.45) is 6.97. The van der Waals surface area contributed by atoms with Gasteiger partial charge in [0.15, 0.2) is 11.5 Å². The Morgan fingerprint density at radius 3 is 3.07 bits per heavy atom. The number of ether oxygens (including phenoxy) is 3. The van der Waals surface area contributed by atoms with Crippen LogP contribution in [0.25, 0.3) is 11.3 Å². The first kappa shape index (κ1) is 17.7. The first-order valence-electron chi connectivity index (χ1n) is 9.65. The van der Waals surface area contributed by atoms with E-state index in [-0.39, 0.29) is 18.8 Å². The van der Waals surface area contributed by atoms with Crippen LogP contribution in [0.15, 0.2) is 36.7 Å². The van der Waals surface area contributed by atoms with Crippen LogP contribution in [-0.2, 0) is 11.3 Å². The van der Waals surface area contributed by atoms with Gasteiger partial charge in [-0.25, -0.2) is 0 Å². The molecule has 1 aromatic carbocycles. The number of H-pyrrole nitrogens is 1. The largest absolute Gasteiger partial charge is 0.454 e. The molecule has 2 aliphatic rings. The Kier molecular flexibility index (Phi) is 4.65. The van der Waals surface area contributed by atoms with Crippen LogP contribution in [0.1, 0.15) is 29.8 Å². The van der Waals surface area contributed by atoms with Crippen LogP contribution in [0.4, 0.5) is 5.69 Å². The summed E-state index contributed by atoms with van der Waals surface area (Å²) in [6, 6.07) is 7.25. The molecule has 150 valence electrons. The molecule has 0 spiro atoms. The van der Waals surface area contributed by atoms with Crippen LogP contribution in [0.3, 0.4) is 0 Å². The van der Waals surface area contributed by atoms with Crippen LogP contribution in [0.5, 0.6) is 11.5 Å². The van der Waals surface area contributed by atoms with Crippen molar-refractivity contribution < 1.29 is 19.0 Å².